The highest BCUT2D eigenvalue weighted by Gasteiger charge is 2.44. The Hall–Kier alpha value is -1.59. The topological polar surface area (TPSA) is 65.9 Å². The number of aliphatic hydroxyl groups is 1. The van der Waals surface area contributed by atoms with Gasteiger partial charge in [-0.05, 0) is 38.2 Å². The maximum absolute atomic E-state index is 9.37. The average Bonchev–Trinajstić information content (AvgIpc) is 3.30. The fourth-order valence-corrected chi connectivity index (χ4v) is 3.64. The molecule has 1 saturated heterocycles. The van der Waals surface area contributed by atoms with Gasteiger partial charge in [0.1, 0.15) is 0 Å². The first-order valence-electron chi connectivity index (χ1n) is 9.48. The van der Waals surface area contributed by atoms with Crippen LogP contribution in [0.25, 0.3) is 0 Å². The Bertz CT molecular complexity index is 564. The molecule has 5 nitrogen and oxygen atoms in total. The number of nitrogens with one attached hydrogen (secondary N) is 2. The van der Waals surface area contributed by atoms with Crippen molar-refractivity contribution < 1.29 is 9.84 Å². The first-order chi connectivity index (χ1) is 12.2. The smallest absolute Gasteiger partial charge is 0.191 e. The molecule has 2 fully saturated rings. The van der Waals surface area contributed by atoms with Crippen LogP contribution in [-0.4, -0.2) is 50.5 Å². The summed E-state index contributed by atoms with van der Waals surface area (Å²) in [5, 5.41) is 16.3. The molecule has 1 heterocycles. The molecule has 138 valence electrons. The fraction of sp³-hybridized carbons (Fsp3) is 0.650. The van der Waals surface area contributed by atoms with Crippen LogP contribution in [0.3, 0.4) is 0 Å². The second-order valence-corrected chi connectivity index (χ2v) is 7.47. The van der Waals surface area contributed by atoms with E-state index in [-0.39, 0.29) is 17.4 Å². The molecule has 1 unspecified atom stereocenters. The Labute approximate surface area is 150 Å². The van der Waals surface area contributed by atoms with Crippen molar-refractivity contribution in [2.75, 3.05) is 39.5 Å². The lowest BCUT2D eigenvalue weighted by molar-refractivity contribution is 0.131. The standard InChI is InChI=1S/C20H31N3O2/c1-2-21-18(22-14-19(10-12-24)11-13-25-16-19)23-15-20(8-9-20)17-6-4-3-5-7-17/h3-7,24H,2,8-16H2,1H3,(H2,21,22,23). The highest BCUT2D eigenvalue weighted by Crippen LogP contribution is 2.47. The van der Waals surface area contributed by atoms with Gasteiger partial charge >= 0.3 is 0 Å². The number of hydrogen-bond donors (Lipinski definition) is 3. The van der Waals surface area contributed by atoms with E-state index in [0.29, 0.717) is 13.2 Å². The summed E-state index contributed by atoms with van der Waals surface area (Å²) in [6.07, 6.45) is 4.19. The van der Waals surface area contributed by atoms with Crippen LogP contribution in [0.1, 0.15) is 38.2 Å². The van der Waals surface area contributed by atoms with E-state index in [4.69, 9.17) is 9.73 Å². The van der Waals surface area contributed by atoms with Gasteiger partial charge in [0.05, 0.1) is 13.2 Å². The third kappa shape index (κ3) is 4.53. The summed E-state index contributed by atoms with van der Waals surface area (Å²) in [4.78, 5) is 4.81. The molecule has 1 atom stereocenters. The highest BCUT2D eigenvalue weighted by molar-refractivity contribution is 5.80. The van der Waals surface area contributed by atoms with Gasteiger partial charge in [0.15, 0.2) is 5.96 Å². The van der Waals surface area contributed by atoms with Crippen LogP contribution in [0.15, 0.2) is 35.3 Å². The zero-order valence-corrected chi connectivity index (χ0v) is 15.3. The third-order valence-electron chi connectivity index (χ3n) is 5.58. The molecule has 1 aliphatic carbocycles. The minimum Gasteiger partial charge on any atom is -0.396 e. The lowest BCUT2D eigenvalue weighted by Crippen LogP contribution is -2.42. The Morgan fingerprint density at radius 1 is 1.20 bits per heavy atom. The van der Waals surface area contributed by atoms with Gasteiger partial charge in [0.25, 0.3) is 0 Å². The largest absolute Gasteiger partial charge is 0.396 e. The molecule has 1 aromatic rings. The maximum Gasteiger partial charge on any atom is 0.191 e. The Morgan fingerprint density at radius 3 is 2.60 bits per heavy atom. The van der Waals surface area contributed by atoms with Crippen molar-refractivity contribution in [2.24, 2.45) is 10.4 Å². The van der Waals surface area contributed by atoms with E-state index in [0.717, 1.165) is 38.5 Å². The van der Waals surface area contributed by atoms with Crippen LogP contribution in [0.4, 0.5) is 0 Å². The van der Waals surface area contributed by atoms with Crippen molar-refractivity contribution in [1.29, 1.82) is 0 Å². The first-order valence-corrected chi connectivity index (χ1v) is 9.48. The Balaban J connectivity index is 1.61. The van der Waals surface area contributed by atoms with Gasteiger partial charge in [0.2, 0.25) is 0 Å². The predicted octanol–water partition coefficient (Wildman–Crippen LogP) is 2.06. The van der Waals surface area contributed by atoms with Gasteiger partial charge in [-0.1, -0.05) is 30.3 Å². The molecule has 0 aromatic heterocycles. The summed E-state index contributed by atoms with van der Waals surface area (Å²) in [5.41, 5.74) is 1.67. The Morgan fingerprint density at radius 2 is 2.00 bits per heavy atom. The number of ether oxygens (including phenoxy) is 1. The van der Waals surface area contributed by atoms with Gasteiger partial charge in [-0.25, -0.2) is 0 Å². The zero-order valence-electron chi connectivity index (χ0n) is 15.3. The molecule has 25 heavy (non-hydrogen) atoms. The van der Waals surface area contributed by atoms with Crippen LogP contribution in [0.5, 0.6) is 0 Å². The van der Waals surface area contributed by atoms with Crippen molar-refractivity contribution in [3.05, 3.63) is 35.9 Å². The first kappa shape index (κ1) is 18.2. The number of aliphatic hydroxyl groups excluding tert-OH is 1. The van der Waals surface area contributed by atoms with E-state index in [9.17, 15) is 5.11 Å². The number of rotatable bonds is 8. The number of aliphatic imine (C=N–C) groups is 1. The Kier molecular flexibility index (Phi) is 5.97. The molecule has 1 aliphatic heterocycles. The van der Waals surface area contributed by atoms with E-state index in [1.165, 1.54) is 18.4 Å². The third-order valence-corrected chi connectivity index (χ3v) is 5.58. The lowest BCUT2D eigenvalue weighted by atomic mass is 9.84. The number of benzene rings is 1. The minimum atomic E-state index is -0.00615. The maximum atomic E-state index is 9.37. The summed E-state index contributed by atoms with van der Waals surface area (Å²) < 4.78 is 5.57. The summed E-state index contributed by atoms with van der Waals surface area (Å²) in [7, 11) is 0. The SMILES string of the molecule is CCNC(=NCC1(CCO)CCOC1)NCC1(c2ccccc2)CC1. The van der Waals surface area contributed by atoms with Crippen LogP contribution >= 0.6 is 0 Å². The van der Waals surface area contributed by atoms with Crippen LogP contribution < -0.4 is 10.6 Å². The second-order valence-electron chi connectivity index (χ2n) is 7.47. The van der Waals surface area contributed by atoms with E-state index in [1.54, 1.807) is 0 Å². The van der Waals surface area contributed by atoms with Crippen molar-refractivity contribution in [1.82, 2.24) is 10.6 Å². The molecule has 3 rings (SSSR count). The molecule has 0 bridgehead atoms. The molecule has 0 spiro atoms. The number of nitrogens with zero attached hydrogens (tertiary/aromatic N) is 1. The quantitative estimate of drug-likeness (QED) is 0.498. The van der Waals surface area contributed by atoms with Gasteiger partial charge in [-0.15, -0.1) is 0 Å². The molecular formula is C20H31N3O2. The summed E-state index contributed by atoms with van der Waals surface area (Å²) in [6.45, 7) is 6.20. The predicted molar refractivity (Wildman–Crippen MR) is 101 cm³/mol. The van der Waals surface area contributed by atoms with Crippen molar-refractivity contribution >= 4 is 5.96 Å². The summed E-state index contributed by atoms with van der Waals surface area (Å²) in [5.74, 6) is 0.869. The van der Waals surface area contributed by atoms with Gasteiger partial charge in [0, 0.05) is 37.1 Å². The highest BCUT2D eigenvalue weighted by atomic mass is 16.5. The summed E-state index contributed by atoms with van der Waals surface area (Å²) in [6, 6.07) is 10.8. The monoisotopic (exact) mass is 345 g/mol. The van der Waals surface area contributed by atoms with Crippen LogP contribution in [0.2, 0.25) is 0 Å². The van der Waals surface area contributed by atoms with E-state index in [1.807, 2.05) is 0 Å². The summed E-state index contributed by atoms with van der Waals surface area (Å²) >= 11 is 0. The van der Waals surface area contributed by atoms with Gasteiger partial charge in [-0.2, -0.15) is 0 Å². The lowest BCUT2D eigenvalue weighted by Gasteiger charge is -2.25. The normalized spacial score (nSPS) is 25.0. The van der Waals surface area contributed by atoms with E-state index in [2.05, 4.69) is 47.9 Å². The van der Waals surface area contributed by atoms with Crippen LogP contribution in [-0.2, 0) is 10.2 Å². The van der Waals surface area contributed by atoms with Gasteiger partial charge < -0.3 is 20.5 Å². The molecule has 0 radical (unpaired) electrons. The number of guanidine groups is 1. The molecule has 3 N–H and O–H groups in total. The van der Waals surface area contributed by atoms with Crippen LogP contribution in [0, 0.1) is 5.41 Å². The molecule has 0 amide bonds. The van der Waals surface area contributed by atoms with E-state index >= 15 is 0 Å². The average molecular weight is 345 g/mol. The zero-order chi connectivity index (χ0) is 17.6. The van der Waals surface area contributed by atoms with Crippen molar-refractivity contribution in [3.63, 3.8) is 0 Å². The van der Waals surface area contributed by atoms with Crippen molar-refractivity contribution in [2.45, 2.75) is 38.0 Å². The molecular weight excluding hydrogens is 314 g/mol. The second kappa shape index (κ2) is 8.19. The number of hydrogen-bond acceptors (Lipinski definition) is 3. The fourth-order valence-electron chi connectivity index (χ4n) is 3.64. The molecule has 5 heteroatoms. The molecule has 1 saturated carbocycles. The van der Waals surface area contributed by atoms with E-state index < -0.39 is 0 Å². The van der Waals surface area contributed by atoms with Crippen molar-refractivity contribution in [3.8, 4) is 0 Å². The molecule has 1 aromatic carbocycles. The molecule has 2 aliphatic rings. The van der Waals surface area contributed by atoms with Gasteiger partial charge in [-0.3, -0.25) is 4.99 Å². The minimum absolute atomic E-state index is 0.00615.